The highest BCUT2D eigenvalue weighted by Crippen LogP contribution is 2.29. The minimum absolute atomic E-state index is 0.107. The van der Waals surface area contributed by atoms with Crippen LogP contribution < -0.4 is 5.73 Å². The molecule has 2 atom stereocenters. The molecule has 3 nitrogen and oxygen atoms in total. The molecule has 20 heavy (non-hydrogen) atoms. The Bertz CT molecular complexity index is 298. The van der Waals surface area contributed by atoms with Crippen molar-refractivity contribution in [2.75, 3.05) is 0 Å². The zero-order valence-electron chi connectivity index (χ0n) is 12.7. The molecule has 0 spiro atoms. The molecule has 120 valence electrons. The highest BCUT2D eigenvalue weighted by molar-refractivity contribution is 5.73. The third-order valence-corrected chi connectivity index (χ3v) is 2.89. The third kappa shape index (κ3) is 7.72. The molecule has 0 radical (unpaired) electrons. The highest BCUT2D eigenvalue weighted by atomic mass is 19.4. The van der Waals surface area contributed by atoms with Crippen LogP contribution in [0, 0.1) is 5.92 Å². The van der Waals surface area contributed by atoms with Crippen LogP contribution in [-0.2, 0) is 9.53 Å². The van der Waals surface area contributed by atoms with E-state index >= 15 is 0 Å². The Balaban J connectivity index is 4.74. The quantitative estimate of drug-likeness (QED) is 0.574. The van der Waals surface area contributed by atoms with Crippen LogP contribution in [0.15, 0.2) is 0 Å². The number of hydrogen-bond donors (Lipinski definition) is 1. The highest BCUT2D eigenvalue weighted by Gasteiger charge is 2.45. The van der Waals surface area contributed by atoms with E-state index in [-0.39, 0.29) is 6.42 Å². The van der Waals surface area contributed by atoms with Gasteiger partial charge in [-0.15, -0.1) is 0 Å². The van der Waals surface area contributed by atoms with Gasteiger partial charge in [0.2, 0.25) is 0 Å². The van der Waals surface area contributed by atoms with E-state index in [9.17, 15) is 18.0 Å². The zero-order valence-corrected chi connectivity index (χ0v) is 12.7. The van der Waals surface area contributed by atoms with Crippen molar-refractivity contribution in [3.05, 3.63) is 0 Å². The maximum atomic E-state index is 12.7. The molecule has 0 saturated heterocycles. The average molecular weight is 297 g/mol. The fraction of sp³-hybridized carbons (Fsp3) is 0.929. The summed E-state index contributed by atoms with van der Waals surface area (Å²) in [5, 5.41) is 0. The predicted molar refractivity (Wildman–Crippen MR) is 72.1 cm³/mol. The summed E-state index contributed by atoms with van der Waals surface area (Å²) in [6.45, 7) is 6.88. The largest absolute Gasteiger partial charge is 0.460 e. The van der Waals surface area contributed by atoms with Crippen molar-refractivity contribution in [3.63, 3.8) is 0 Å². The molecule has 6 heteroatoms. The molecule has 0 fully saturated rings. The van der Waals surface area contributed by atoms with E-state index in [1.54, 1.807) is 20.8 Å². The average Bonchev–Trinajstić information content (AvgIpc) is 2.24. The summed E-state index contributed by atoms with van der Waals surface area (Å²) in [5.41, 5.74) is 4.39. The van der Waals surface area contributed by atoms with E-state index < -0.39 is 29.7 Å². The second-order valence-corrected chi connectivity index (χ2v) is 6.06. The molecule has 0 heterocycles. The van der Waals surface area contributed by atoms with Crippen molar-refractivity contribution in [1.82, 2.24) is 0 Å². The molecule has 0 aliphatic heterocycles. The second-order valence-electron chi connectivity index (χ2n) is 6.06. The second kappa shape index (κ2) is 7.86. The molecule has 0 aliphatic carbocycles. The van der Waals surface area contributed by atoms with Crippen LogP contribution in [-0.4, -0.2) is 23.8 Å². The Morgan fingerprint density at radius 2 is 1.70 bits per heavy atom. The van der Waals surface area contributed by atoms with Crippen LogP contribution in [0.5, 0.6) is 0 Å². The molecular formula is C14H26F3NO2. The Morgan fingerprint density at radius 3 is 2.10 bits per heavy atom. The van der Waals surface area contributed by atoms with E-state index in [2.05, 4.69) is 0 Å². The number of carbonyl (C=O) groups excluding carboxylic acids is 1. The number of alkyl halides is 3. The minimum Gasteiger partial charge on any atom is -0.460 e. The number of esters is 1. The Labute approximate surface area is 119 Å². The van der Waals surface area contributed by atoms with Crippen LogP contribution in [0.25, 0.3) is 0 Å². The number of nitrogens with two attached hydrogens (primary N) is 1. The van der Waals surface area contributed by atoms with Gasteiger partial charge in [0.15, 0.2) is 0 Å². The molecule has 0 aromatic heterocycles. The van der Waals surface area contributed by atoms with Crippen molar-refractivity contribution < 1.29 is 22.7 Å². The standard InChI is InChI=1S/C14H26F3NO2/c1-5-6-7-8-9-10(11(18)14(15,16)17)12(19)20-13(2,3)4/h10-11H,5-9,18H2,1-4H3/t10-,11-/m0/s1. The van der Waals surface area contributed by atoms with E-state index in [0.717, 1.165) is 19.3 Å². The molecule has 0 saturated carbocycles. The molecule has 0 aliphatic rings. The predicted octanol–water partition coefficient (Wildman–Crippen LogP) is 3.80. The van der Waals surface area contributed by atoms with Crippen LogP contribution in [0.4, 0.5) is 13.2 Å². The van der Waals surface area contributed by atoms with Crippen molar-refractivity contribution >= 4 is 5.97 Å². The lowest BCUT2D eigenvalue weighted by atomic mass is 9.93. The SMILES string of the molecule is CCCCCC[C@H](C(=O)OC(C)(C)C)[C@H](N)C(F)(F)F. The summed E-state index contributed by atoms with van der Waals surface area (Å²) in [6, 6.07) is -2.17. The van der Waals surface area contributed by atoms with E-state index in [0.29, 0.717) is 6.42 Å². The Morgan fingerprint density at radius 1 is 1.15 bits per heavy atom. The van der Waals surface area contributed by atoms with Crippen LogP contribution in [0.3, 0.4) is 0 Å². The number of hydrogen-bond acceptors (Lipinski definition) is 3. The van der Waals surface area contributed by atoms with Crippen molar-refractivity contribution in [2.45, 2.75) is 77.6 Å². The van der Waals surface area contributed by atoms with E-state index in [1.807, 2.05) is 6.92 Å². The van der Waals surface area contributed by atoms with Crippen LogP contribution in [0.2, 0.25) is 0 Å². The lowest BCUT2D eigenvalue weighted by molar-refractivity contribution is -0.183. The number of unbranched alkanes of at least 4 members (excludes halogenated alkanes) is 3. The number of ether oxygens (including phenoxy) is 1. The molecule has 0 aromatic carbocycles. The van der Waals surface area contributed by atoms with Gasteiger partial charge >= 0.3 is 12.1 Å². The number of halogens is 3. The van der Waals surface area contributed by atoms with Gasteiger partial charge in [-0.25, -0.2) is 0 Å². The summed E-state index contributed by atoms with van der Waals surface area (Å²) in [7, 11) is 0. The van der Waals surface area contributed by atoms with Gasteiger partial charge in [-0.2, -0.15) is 13.2 Å². The first-order valence-electron chi connectivity index (χ1n) is 7.04. The van der Waals surface area contributed by atoms with Crippen LogP contribution in [0.1, 0.15) is 59.8 Å². The minimum atomic E-state index is -4.59. The summed E-state index contributed by atoms with van der Waals surface area (Å²) < 4.78 is 43.3. The van der Waals surface area contributed by atoms with Gasteiger partial charge in [-0.3, -0.25) is 4.79 Å². The summed E-state index contributed by atoms with van der Waals surface area (Å²) >= 11 is 0. The summed E-state index contributed by atoms with van der Waals surface area (Å²) in [6.07, 6.45) is -1.24. The fourth-order valence-corrected chi connectivity index (χ4v) is 1.84. The first-order valence-corrected chi connectivity index (χ1v) is 7.04. The van der Waals surface area contributed by atoms with Gasteiger partial charge in [0.1, 0.15) is 11.6 Å². The normalized spacial score (nSPS) is 15.8. The van der Waals surface area contributed by atoms with E-state index in [1.165, 1.54) is 0 Å². The van der Waals surface area contributed by atoms with Gasteiger partial charge in [-0.1, -0.05) is 32.6 Å². The Hall–Kier alpha value is -0.780. The first kappa shape index (κ1) is 19.2. The lowest BCUT2D eigenvalue weighted by Gasteiger charge is -2.28. The van der Waals surface area contributed by atoms with Crippen molar-refractivity contribution in [1.29, 1.82) is 0 Å². The van der Waals surface area contributed by atoms with Gasteiger partial charge in [-0.05, 0) is 27.2 Å². The van der Waals surface area contributed by atoms with Crippen molar-refractivity contribution in [3.8, 4) is 0 Å². The third-order valence-electron chi connectivity index (χ3n) is 2.89. The molecule has 0 bridgehead atoms. The monoisotopic (exact) mass is 297 g/mol. The molecule has 0 aromatic rings. The van der Waals surface area contributed by atoms with Gasteiger partial charge in [0.05, 0.1) is 5.92 Å². The number of rotatable bonds is 7. The van der Waals surface area contributed by atoms with Gasteiger partial charge < -0.3 is 10.5 Å². The molecular weight excluding hydrogens is 271 g/mol. The smallest absolute Gasteiger partial charge is 0.404 e. The molecule has 0 rings (SSSR count). The van der Waals surface area contributed by atoms with Crippen LogP contribution >= 0.6 is 0 Å². The van der Waals surface area contributed by atoms with Crippen molar-refractivity contribution in [2.24, 2.45) is 11.7 Å². The maximum Gasteiger partial charge on any atom is 0.404 e. The molecule has 0 unspecified atom stereocenters. The zero-order chi connectivity index (χ0) is 16.0. The molecule has 0 amide bonds. The number of carbonyl (C=O) groups is 1. The maximum absolute atomic E-state index is 12.7. The summed E-state index contributed by atoms with van der Waals surface area (Å²) in [5.74, 6) is -2.19. The first-order chi connectivity index (χ1) is 8.99. The molecule has 2 N–H and O–H groups in total. The summed E-state index contributed by atoms with van der Waals surface area (Å²) in [4.78, 5) is 11.9. The van der Waals surface area contributed by atoms with Gasteiger partial charge in [0.25, 0.3) is 0 Å². The van der Waals surface area contributed by atoms with E-state index in [4.69, 9.17) is 10.5 Å². The topological polar surface area (TPSA) is 52.3 Å². The fourth-order valence-electron chi connectivity index (χ4n) is 1.84. The van der Waals surface area contributed by atoms with Gasteiger partial charge in [0, 0.05) is 0 Å². The Kier molecular flexibility index (Phi) is 7.55. The lowest BCUT2D eigenvalue weighted by Crippen LogP contribution is -2.48.